The summed E-state index contributed by atoms with van der Waals surface area (Å²) in [5, 5.41) is 12.2. The second-order valence-corrected chi connectivity index (χ2v) is 6.91. The molecule has 33 heavy (non-hydrogen) atoms. The molecule has 0 heterocycles. The van der Waals surface area contributed by atoms with Gasteiger partial charge in [-0.2, -0.15) is 5.26 Å². The normalized spacial score (nSPS) is 10.8. The molecule has 0 aliphatic carbocycles. The molecule has 6 nitrogen and oxygen atoms in total. The summed E-state index contributed by atoms with van der Waals surface area (Å²) in [6.07, 6.45) is 1.47. The number of nitrogens with zero attached hydrogens (tertiary/aromatic N) is 1. The summed E-state index contributed by atoms with van der Waals surface area (Å²) in [6.45, 7) is 2.61. The van der Waals surface area contributed by atoms with Gasteiger partial charge in [0.15, 0.2) is 11.5 Å². The highest BCUT2D eigenvalue weighted by atomic mass is 19.1. The molecule has 7 heteroatoms. The van der Waals surface area contributed by atoms with E-state index in [2.05, 4.69) is 5.32 Å². The van der Waals surface area contributed by atoms with Gasteiger partial charge in [0.2, 0.25) is 0 Å². The largest absolute Gasteiger partial charge is 0.494 e. The fraction of sp³-hybridized carbons (Fsp3) is 0.154. The van der Waals surface area contributed by atoms with E-state index in [0.717, 1.165) is 5.56 Å². The van der Waals surface area contributed by atoms with E-state index in [9.17, 15) is 14.4 Å². The quantitative estimate of drug-likeness (QED) is 0.354. The Morgan fingerprint density at radius 3 is 2.55 bits per heavy atom. The monoisotopic (exact) mass is 446 g/mol. The minimum Gasteiger partial charge on any atom is -0.494 e. The van der Waals surface area contributed by atoms with Crippen molar-refractivity contribution in [1.82, 2.24) is 0 Å². The Balaban J connectivity index is 1.73. The lowest BCUT2D eigenvalue weighted by atomic mass is 10.1. The standard InChI is InChI=1S/C26H23FN2O4/c1-3-32-23-6-4-5-22(15-23)29-26(30)20(16-28)13-19-9-12-24(25(14-19)31-2)33-17-18-7-10-21(27)11-8-18/h4-15H,3,17H2,1-2H3,(H,29,30)/b20-13+. The summed E-state index contributed by atoms with van der Waals surface area (Å²) >= 11 is 0. The van der Waals surface area contributed by atoms with Crippen molar-refractivity contribution < 1.29 is 23.4 Å². The second-order valence-electron chi connectivity index (χ2n) is 6.91. The third-order valence-electron chi connectivity index (χ3n) is 4.57. The zero-order valence-electron chi connectivity index (χ0n) is 18.3. The number of hydrogen-bond acceptors (Lipinski definition) is 5. The van der Waals surface area contributed by atoms with Crippen LogP contribution < -0.4 is 19.5 Å². The minimum atomic E-state index is -0.540. The summed E-state index contributed by atoms with van der Waals surface area (Å²) in [7, 11) is 1.50. The number of rotatable bonds is 9. The molecule has 0 bridgehead atoms. The van der Waals surface area contributed by atoms with Crippen molar-refractivity contribution in [3.8, 4) is 23.3 Å². The lowest BCUT2D eigenvalue weighted by Gasteiger charge is -2.12. The van der Waals surface area contributed by atoms with E-state index in [1.807, 2.05) is 13.0 Å². The van der Waals surface area contributed by atoms with E-state index in [1.54, 1.807) is 54.6 Å². The third kappa shape index (κ3) is 6.58. The van der Waals surface area contributed by atoms with Crippen LogP contribution in [0.5, 0.6) is 17.2 Å². The predicted molar refractivity (Wildman–Crippen MR) is 124 cm³/mol. The van der Waals surface area contributed by atoms with Crippen molar-refractivity contribution in [3.63, 3.8) is 0 Å². The van der Waals surface area contributed by atoms with Gasteiger partial charge in [-0.1, -0.05) is 24.3 Å². The number of benzene rings is 3. The number of halogens is 1. The molecule has 3 rings (SSSR count). The smallest absolute Gasteiger partial charge is 0.266 e. The molecule has 3 aromatic rings. The summed E-state index contributed by atoms with van der Waals surface area (Å²) in [5.74, 6) is 0.690. The Bertz CT molecular complexity index is 1180. The number of methoxy groups -OCH3 is 1. The van der Waals surface area contributed by atoms with Crippen LogP contribution >= 0.6 is 0 Å². The molecule has 0 aliphatic heterocycles. The molecule has 0 saturated heterocycles. The number of amides is 1. The third-order valence-corrected chi connectivity index (χ3v) is 4.57. The molecule has 1 N–H and O–H groups in total. The second kappa shape index (κ2) is 11.3. The van der Waals surface area contributed by atoms with E-state index in [1.165, 1.54) is 25.3 Å². The van der Waals surface area contributed by atoms with E-state index < -0.39 is 5.91 Å². The molecular weight excluding hydrogens is 423 g/mol. The van der Waals surface area contributed by atoms with E-state index in [4.69, 9.17) is 14.2 Å². The Hall–Kier alpha value is -4.31. The zero-order chi connectivity index (χ0) is 23.6. The van der Waals surface area contributed by atoms with Crippen LogP contribution in [0.4, 0.5) is 10.1 Å². The summed E-state index contributed by atoms with van der Waals surface area (Å²) in [4.78, 5) is 12.6. The molecule has 0 fully saturated rings. The first-order chi connectivity index (χ1) is 16.0. The van der Waals surface area contributed by atoms with E-state index in [-0.39, 0.29) is 18.0 Å². The lowest BCUT2D eigenvalue weighted by Crippen LogP contribution is -2.13. The molecule has 0 atom stereocenters. The van der Waals surface area contributed by atoms with Crippen molar-refractivity contribution in [2.75, 3.05) is 19.0 Å². The topological polar surface area (TPSA) is 80.6 Å². The Kier molecular flexibility index (Phi) is 8.03. The SMILES string of the molecule is CCOc1cccc(NC(=O)/C(C#N)=C/c2ccc(OCc3ccc(F)cc3)c(OC)c2)c1. The van der Waals surface area contributed by atoms with Crippen LogP contribution in [0.15, 0.2) is 72.3 Å². The van der Waals surface area contributed by atoms with Crippen molar-refractivity contribution in [3.05, 3.63) is 89.2 Å². The molecule has 0 saturated carbocycles. The minimum absolute atomic E-state index is 0.0705. The Morgan fingerprint density at radius 1 is 1.06 bits per heavy atom. The van der Waals surface area contributed by atoms with Gasteiger partial charge in [-0.25, -0.2) is 4.39 Å². The molecule has 3 aromatic carbocycles. The summed E-state index contributed by atoms with van der Waals surface area (Å²) in [6, 6.07) is 19.9. The van der Waals surface area contributed by atoms with Gasteiger partial charge in [0.25, 0.3) is 5.91 Å². The maximum Gasteiger partial charge on any atom is 0.266 e. The first-order valence-corrected chi connectivity index (χ1v) is 10.2. The first kappa shape index (κ1) is 23.4. The lowest BCUT2D eigenvalue weighted by molar-refractivity contribution is -0.112. The van der Waals surface area contributed by atoms with Gasteiger partial charge in [-0.3, -0.25) is 4.79 Å². The summed E-state index contributed by atoms with van der Waals surface area (Å²) in [5.41, 5.74) is 1.85. The van der Waals surface area contributed by atoms with Crippen molar-refractivity contribution in [2.45, 2.75) is 13.5 Å². The van der Waals surface area contributed by atoms with Crippen LogP contribution in [-0.2, 0) is 11.4 Å². The van der Waals surface area contributed by atoms with Gasteiger partial charge in [0, 0.05) is 11.8 Å². The van der Waals surface area contributed by atoms with Crippen molar-refractivity contribution in [2.24, 2.45) is 0 Å². The van der Waals surface area contributed by atoms with Gasteiger partial charge in [0.05, 0.1) is 13.7 Å². The fourth-order valence-electron chi connectivity index (χ4n) is 2.98. The van der Waals surface area contributed by atoms with E-state index in [0.29, 0.717) is 35.1 Å². The molecule has 0 radical (unpaired) electrons. The van der Waals surface area contributed by atoms with E-state index >= 15 is 0 Å². The number of nitrogens with one attached hydrogen (secondary N) is 1. The van der Waals surface area contributed by atoms with Crippen LogP contribution in [0.2, 0.25) is 0 Å². The highest BCUT2D eigenvalue weighted by Gasteiger charge is 2.12. The number of ether oxygens (including phenoxy) is 3. The molecule has 1 amide bonds. The van der Waals surface area contributed by atoms with Crippen molar-refractivity contribution >= 4 is 17.7 Å². The molecule has 0 aromatic heterocycles. The highest BCUT2D eigenvalue weighted by molar-refractivity contribution is 6.09. The molecular formula is C26H23FN2O4. The van der Waals surface area contributed by atoms with Gasteiger partial charge >= 0.3 is 0 Å². The number of hydrogen-bond donors (Lipinski definition) is 1. The molecule has 0 unspecified atom stereocenters. The average Bonchev–Trinajstić information content (AvgIpc) is 2.83. The molecule has 0 aliphatic rings. The number of nitriles is 1. The number of anilines is 1. The van der Waals surface area contributed by atoms with Crippen LogP contribution in [0.3, 0.4) is 0 Å². The summed E-state index contributed by atoms with van der Waals surface area (Å²) < 4.78 is 29.6. The molecule has 168 valence electrons. The first-order valence-electron chi connectivity index (χ1n) is 10.2. The maximum atomic E-state index is 13.1. The van der Waals surface area contributed by atoms with Crippen LogP contribution in [0.25, 0.3) is 6.08 Å². The Morgan fingerprint density at radius 2 is 1.85 bits per heavy atom. The zero-order valence-corrected chi connectivity index (χ0v) is 18.3. The van der Waals surface area contributed by atoms with Gasteiger partial charge < -0.3 is 19.5 Å². The fourth-order valence-corrected chi connectivity index (χ4v) is 2.98. The van der Waals surface area contributed by atoms with Crippen molar-refractivity contribution in [1.29, 1.82) is 5.26 Å². The Labute approximate surface area is 191 Å². The van der Waals surface area contributed by atoms with Gasteiger partial charge in [-0.15, -0.1) is 0 Å². The highest BCUT2D eigenvalue weighted by Crippen LogP contribution is 2.30. The van der Waals surface area contributed by atoms with Gasteiger partial charge in [0.1, 0.15) is 29.8 Å². The maximum absolute atomic E-state index is 13.1. The van der Waals surface area contributed by atoms with Gasteiger partial charge in [-0.05, 0) is 60.5 Å². The van der Waals surface area contributed by atoms with Crippen LogP contribution in [0.1, 0.15) is 18.1 Å². The molecule has 0 spiro atoms. The predicted octanol–water partition coefficient (Wildman–Crippen LogP) is 5.36. The van der Waals surface area contributed by atoms with Crippen LogP contribution in [-0.4, -0.2) is 19.6 Å². The van der Waals surface area contributed by atoms with Crippen LogP contribution in [0, 0.1) is 17.1 Å². The number of carbonyl (C=O) groups excluding carboxylic acids is 1. The average molecular weight is 446 g/mol. The number of carbonyl (C=O) groups is 1.